The van der Waals surface area contributed by atoms with Gasteiger partial charge in [0, 0.05) is 56.2 Å². The Hall–Kier alpha value is -2.97. The molecular formula is C25H32N6OS. The summed E-state index contributed by atoms with van der Waals surface area (Å²) in [5, 5.41) is 8.36. The highest BCUT2D eigenvalue weighted by Crippen LogP contribution is 2.19. The van der Waals surface area contributed by atoms with Crippen LogP contribution in [0.3, 0.4) is 0 Å². The van der Waals surface area contributed by atoms with Crippen LogP contribution in [0.15, 0.2) is 59.1 Å². The third-order valence-electron chi connectivity index (χ3n) is 5.98. The molecule has 4 rings (SSSR count). The molecule has 0 atom stereocenters. The van der Waals surface area contributed by atoms with Gasteiger partial charge in [-0.3, -0.25) is 4.90 Å². The molecule has 1 N–H and O–H groups in total. The van der Waals surface area contributed by atoms with Gasteiger partial charge in [0.2, 0.25) is 0 Å². The lowest BCUT2D eigenvalue weighted by atomic mass is 10.2. The molecule has 1 aromatic heterocycles. The van der Waals surface area contributed by atoms with Gasteiger partial charge in [-0.25, -0.2) is 0 Å². The summed E-state index contributed by atoms with van der Waals surface area (Å²) in [5.74, 6) is 1.29. The van der Waals surface area contributed by atoms with Gasteiger partial charge in [0.15, 0.2) is 10.9 Å². The quantitative estimate of drug-likeness (QED) is 0.514. The van der Waals surface area contributed by atoms with Crippen LogP contribution in [-0.2, 0) is 6.54 Å². The molecule has 1 fully saturated rings. The van der Waals surface area contributed by atoms with Crippen LogP contribution in [0.5, 0.6) is 0 Å². The first-order chi connectivity index (χ1) is 16.2. The van der Waals surface area contributed by atoms with Gasteiger partial charge < -0.3 is 19.6 Å². The smallest absolute Gasteiger partial charge is 0.257 e. The summed E-state index contributed by atoms with van der Waals surface area (Å²) in [5.41, 5.74) is 3.20. The normalized spacial score (nSPS) is 14.7. The molecule has 2 heterocycles. The molecule has 0 aliphatic carbocycles. The highest BCUT2D eigenvalue weighted by Gasteiger charge is 2.19. The van der Waals surface area contributed by atoms with Crippen LogP contribution < -0.4 is 10.2 Å². The zero-order valence-electron chi connectivity index (χ0n) is 19.4. The second-order valence-corrected chi connectivity index (χ2v) is 8.53. The molecule has 3 aromatic rings. The lowest BCUT2D eigenvalue weighted by Gasteiger charge is -2.25. The van der Waals surface area contributed by atoms with E-state index in [1.165, 1.54) is 5.69 Å². The first kappa shape index (κ1) is 23.2. The lowest BCUT2D eigenvalue weighted by molar-refractivity contribution is 0.266. The topological polar surface area (TPSA) is 60.7 Å². The summed E-state index contributed by atoms with van der Waals surface area (Å²) in [6, 6.07) is 18.4. The summed E-state index contributed by atoms with van der Waals surface area (Å²) in [7, 11) is 0. The van der Waals surface area contributed by atoms with Gasteiger partial charge in [0.1, 0.15) is 0 Å². The molecule has 1 aliphatic rings. The Morgan fingerprint density at radius 2 is 1.76 bits per heavy atom. The predicted octanol–water partition coefficient (Wildman–Crippen LogP) is 4.49. The number of aromatic nitrogens is 2. The van der Waals surface area contributed by atoms with Gasteiger partial charge in [0.05, 0.1) is 6.54 Å². The van der Waals surface area contributed by atoms with Gasteiger partial charge in [-0.1, -0.05) is 23.4 Å². The Kier molecular flexibility index (Phi) is 7.91. The number of benzene rings is 2. The van der Waals surface area contributed by atoms with Gasteiger partial charge in [-0.2, -0.15) is 4.98 Å². The van der Waals surface area contributed by atoms with Gasteiger partial charge in [-0.15, -0.1) is 0 Å². The summed E-state index contributed by atoms with van der Waals surface area (Å²) in [6.07, 6.45) is 1.03. The molecule has 0 spiro atoms. The molecule has 0 saturated carbocycles. The number of nitrogens with one attached hydrogen (secondary N) is 1. The molecule has 2 aromatic carbocycles. The van der Waals surface area contributed by atoms with Crippen molar-refractivity contribution in [2.24, 2.45) is 0 Å². The van der Waals surface area contributed by atoms with Crippen LogP contribution in [0.4, 0.5) is 11.4 Å². The minimum Gasteiger partial charge on any atom is -0.372 e. The minimum atomic E-state index is 0.569. The van der Waals surface area contributed by atoms with Crippen LogP contribution >= 0.6 is 12.2 Å². The Morgan fingerprint density at radius 1 is 1.00 bits per heavy atom. The summed E-state index contributed by atoms with van der Waals surface area (Å²) in [6.45, 7) is 10.7. The number of nitrogens with zero attached hydrogens (tertiary/aromatic N) is 5. The fourth-order valence-corrected chi connectivity index (χ4v) is 4.40. The van der Waals surface area contributed by atoms with Crippen LogP contribution in [0.1, 0.15) is 26.1 Å². The third kappa shape index (κ3) is 6.09. The number of hydrogen-bond donors (Lipinski definition) is 1. The Balaban J connectivity index is 1.29. The van der Waals surface area contributed by atoms with Crippen LogP contribution in [0.25, 0.3) is 11.5 Å². The zero-order valence-corrected chi connectivity index (χ0v) is 20.2. The lowest BCUT2D eigenvalue weighted by Crippen LogP contribution is -2.37. The van der Waals surface area contributed by atoms with Crippen LogP contribution in [0, 0.1) is 0 Å². The van der Waals surface area contributed by atoms with E-state index in [0.717, 1.165) is 67.9 Å². The summed E-state index contributed by atoms with van der Waals surface area (Å²) >= 11 is 5.72. The van der Waals surface area contributed by atoms with Crippen molar-refractivity contribution < 1.29 is 4.52 Å². The fraction of sp³-hybridized carbons (Fsp3) is 0.400. The van der Waals surface area contributed by atoms with Crippen molar-refractivity contribution in [3.05, 3.63) is 60.4 Å². The molecule has 1 aliphatic heterocycles. The van der Waals surface area contributed by atoms with Crippen molar-refractivity contribution >= 4 is 28.7 Å². The van der Waals surface area contributed by atoms with E-state index < -0.39 is 0 Å². The van der Waals surface area contributed by atoms with Crippen LogP contribution in [-0.4, -0.2) is 64.3 Å². The molecule has 33 heavy (non-hydrogen) atoms. The van der Waals surface area contributed by atoms with E-state index in [-0.39, 0.29) is 0 Å². The average molecular weight is 465 g/mol. The van der Waals surface area contributed by atoms with Crippen molar-refractivity contribution in [2.45, 2.75) is 26.8 Å². The molecule has 7 nitrogen and oxygen atoms in total. The van der Waals surface area contributed by atoms with E-state index in [9.17, 15) is 0 Å². The first-order valence-corrected chi connectivity index (χ1v) is 12.1. The number of hydrogen-bond acceptors (Lipinski definition) is 6. The van der Waals surface area contributed by atoms with Gasteiger partial charge in [-0.05, 0) is 68.9 Å². The zero-order chi connectivity index (χ0) is 23.0. The Morgan fingerprint density at radius 3 is 2.48 bits per heavy atom. The average Bonchev–Trinajstić information content (AvgIpc) is 3.19. The second-order valence-electron chi connectivity index (χ2n) is 8.15. The Labute approximate surface area is 201 Å². The van der Waals surface area contributed by atoms with Crippen molar-refractivity contribution in [2.75, 3.05) is 49.5 Å². The number of rotatable bonds is 7. The first-order valence-electron chi connectivity index (χ1n) is 11.7. The predicted molar refractivity (Wildman–Crippen MR) is 137 cm³/mol. The highest BCUT2D eigenvalue weighted by molar-refractivity contribution is 7.80. The summed E-state index contributed by atoms with van der Waals surface area (Å²) < 4.78 is 5.45. The van der Waals surface area contributed by atoms with E-state index in [1.54, 1.807) is 0 Å². The number of anilines is 2. The molecule has 0 amide bonds. The summed E-state index contributed by atoms with van der Waals surface area (Å²) in [4.78, 5) is 11.5. The van der Waals surface area contributed by atoms with E-state index in [1.807, 2.05) is 30.3 Å². The molecule has 0 bridgehead atoms. The standard InChI is InChI=1S/C25H32N6OS/c1-3-30(4-2)22-13-11-21(12-14-22)26-25(33)31-16-8-15-29(17-18-31)19-23-27-24(32-28-23)20-9-6-5-7-10-20/h5-7,9-14H,3-4,8,15-19H2,1-2H3,(H,26,33). The van der Waals surface area contributed by atoms with E-state index in [0.29, 0.717) is 12.4 Å². The maximum absolute atomic E-state index is 5.72. The monoisotopic (exact) mass is 464 g/mol. The minimum absolute atomic E-state index is 0.569. The molecule has 0 unspecified atom stereocenters. The molecule has 8 heteroatoms. The van der Waals surface area contributed by atoms with Crippen molar-refractivity contribution in [1.29, 1.82) is 0 Å². The van der Waals surface area contributed by atoms with Crippen LogP contribution in [0.2, 0.25) is 0 Å². The third-order valence-corrected chi connectivity index (χ3v) is 6.34. The van der Waals surface area contributed by atoms with Crippen molar-refractivity contribution in [3.8, 4) is 11.5 Å². The van der Waals surface area contributed by atoms with E-state index in [2.05, 4.69) is 68.3 Å². The SMILES string of the molecule is CCN(CC)c1ccc(NC(=S)N2CCCN(Cc3noc(-c4ccccc4)n3)CC2)cc1. The van der Waals surface area contributed by atoms with Crippen molar-refractivity contribution in [1.82, 2.24) is 19.9 Å². The van der Waals surface area contributed by atoms with Crippen molar-refractivity contribution in [3.63, 3.8) is 0 Å². The molecule has 1 saturated heterocycles. The molecule has 0 radical (unpaired) electrons. The second kappa shape index (κ2) is 11.2. The van der Waals surface area contributed by atoms with Gasteiger partial charge in [0.25, 0.3) is 5.89 Å². The van der Waals surface area contributed by atoms with Gasteiger partial charge >= 0.3 is 0 Å². The maximum Gasteiger partial charge on any atom is 0.257 e. The molecule has 174 valence electrons. The maximum atomic E-state index is 5.72. The fourth-order valence-electron chi connectivity index (χ4n) is 4.10. The highest BCUT2D eigenvalue weighted by atomic mass is 32.1. The molecular weight excluding hydrogens is 432 g/mol. The van der Waals surface area contributed by atoms with E-state index in [4.69, 9.17) is 16.7 Å². The number of thiocarbonyl (C=S) groups is 1. The van der Waals surface area contributed by atoms with E-state index >= 15 is 0 Å². The Bertz CT molecular complexity index is 1020. The largest absolute Gasteiger partial charge is 0.372 e.